The summed E-state index contributed by atoms with van der Waals surface area (Å²) in [7, 11) is 0. The molecule has 0 spiro atoms. The fraction of sp³-hybridized carbons (Fsp3) is 0.364. The van der Waals surface area contributed by atoms with Crippen LogP contribution in [-0.4, -0.2) is 18.8 Å². The lowest BCUT2D eigenvalue weighted by Gasteiger charge is -2.13. The van der Waals surface area contributed by atoms with Gasteiger partial charge in [-0.25, -0.2) is 9.18 Å². The largest absolute Gasteiger partial charge is 0.462 e. The molecule has 0 N–H and O–H groups in total. The number of benzene rings is 1. The Morgan fingerprint density at radius 2 is 2.00 bits per heavy atom. The predicted octanol–water partition coefficient (Wildman–Crippen LogP) is 3.74. The molecule has 0 saturated carbocycles. The summed E-state index contributed by atoms with van der Waals surface area (Å²) >= 11 is 0.596. The van der Waals surface area contributed by atoms with Crippen molar-refractivity contribution in [1.82, 2.24) is 0 Å². The third kappa shape index (κ3) is 2.95. The molecule has 7 heteroatoms. The molecule has 0 aromatic heterocycles. The maximum Gasteiger partial charge on any atom is 0.417 e. The van der Waals surface area contributed by atoms with E-state index in [4.69, 9.17) is 0 Å². The van der Waals surface area contributed by atoms with Gasteiger partial charge >= 0.3 is 12.1 Å². The van der Waals surface area contributed by atoms with Crippen molar-refractivity contribution in [3.63, 3.8) is 0 Å². The van der Waals surface area contributed by atoms with Crippen LogP contribution >= 0.6 is 11.8 Å². The highest BCUT2D eigenvalue weighted by molar-refractivity contribution is 7.98. The molecule has 0 aliphatic carbocycles. The van der Waals surface area contributed by atoms with E-state index >= 15 is 0 Å². The molecule has 2 nitrogen and oxygen atoms in total. The first-order valence-electron chi connectivity index (χ1n) is 4.93. The van der Waals surface area contributed by atoms with Crippen molar-refractivity contribution in [2.75, 3.05) is 12.9 Å². The van der Waals surface area contributed by atoms with Gasteiger partial charge in [-0.1, -0.05) is 0 Å². The summed E-state index contributed by atoms with van der Waals surface area (Å²) in [5, 5.41) is 0. The number of halogens is 4. The molecular weight excluding hydrogens is 272 g/mol. The maximum atomic E-state index is 13.8. The molecule has 0 radical (unpaired) electrons. The molecule has 1 aromatic carbocycles. The van der Waals surface area contributed by atoms with Crippen LogP contribution in [0.1, 0.15) is 22.8 Å². The fourth-order valence-corrected chi connectivity index (χ4v) is 2.04. The summed E-state index contributed by atoms with van der Waals surface area (Å²) < 4.78 is 56.2. The van der Waals surface area contributed by atoms with Crippen LogP contribution in [0.15, 0.2) is 17.0 Å². The molecule has 0 fully saturated rings. The summed E-state index contributed by atoms with van der Waals surface area (Å²) in [6.45, 7) is 1.54. The average molecular weight is 282 g/mol. The summed E-state index contributed by atoms with van der Waals surface area (Å²) in [6.07, 6.45) is -3.35. The zero-order valence-corrected chi connectivity index (χ0v) is 10.4. The van der Waals surface area contributed by atoms with Gasteiger partial charge in [0, 0.05) is 0 Å². The van der Waals surface area contributed by atoms with Gasteiger partial charge in [-0.2, -0.15) is 13.2 Å². The predicted molar refractivity (Wildman–Crippen MR) is 59.1 cm³/mol. The van der Waals surface area contributed by atoms with Crippen molar-refractivity contribution >= 4 is 17.7 Å². The highest BCUT2D eigenvalue weighted by Gasteiger charge is 2.36. The molecule has 0 atom stereocenters. The smallest absolute Gasteiger partial charge is 0.417 e. The summed E-state index contributed by atoms with van der Waals surface area (Å²) in [6, 6.07) is 1.47. The number of alkyl halides is 3. The van der Waals surface area contributed by atoms with E-state index in [0.29, 0.717) is 17.8 Å². The number of hydrogen-bond acceptors (Lipinski definition) is 3. The van der Waals surface area contributed by atoms with Crippen molar-refractivity contribution in [3.05, 3.63) is 29.1 Å². The number of carbonyl (C=O) groups is 1. The molecule has 0 aliphatic rings. The van der Waals surface area contributed by atoms with Gasteiger partial charge in [0.15, 0.2) is 5.82 Å². The lowest BCUT2D eigenvalue weighted by atomic mass is 10.1. The molecule has 0 aliphatic heterocycles. The Hall–Kier alpha value is -1.24. The minimum Gasteiger partial charge on any atom is -0.462 e. The van der Waals surface area contributed by atoms with Gasteiger partial charge in [-0.15, -0.1) is 11.8 Å². The lowest BCUT2D eigenvalue weighted by molar-refractivity contribution is -0.140. The van der Waals surface area contributed by atoms with Crippen LogP contribution in [0.25, 0.3) is 0 Å². The zero-order chi connectivity index (χ0) is 13.9. The third-order valence-corrected chi connectivity index (χ3v) is 2.91. The molecule has 0 unspecified atom stereocenters. The van der Waals surface area contributed by atoms with Crippen LogP contribution in [0.3, 0.4) is 0 Å². The molecule has 0 amide bonds. The second-order valence-corrected chi connectivity index (χ2v) is 4.04. The quantitative estimate of drug-likeness (QED) is 0.480. The first-order chi connectivity index (χ1) is 8.32. The highest BCUT2D eigenvalue weighted by Crippen LogP contribution is 2.38. The van der Waals surface area contributed by atoms with Crippen molar-refractivity contribution in [2.24, 2.45) is 0 Å². The second kappa shape index (κ2) is 5.60. The molecule has 100 valence electrons. The Labute approximate surface area is 105 Å². The first-order valence-corrected chi connectivity index (χ1v) is 6.16. The van der Waals surface area contributed by atoms with E-state index in [2.05, 4.69) is 4.74 Å². The van der Waals surface area contributed by atoms with Crippen LogP contribution in [-0.2, 0) is 10.9 Å². The van der Waals surface area contributed by atoms with Crippen molar-refractivity contribution < 1.29 is 27.1 Å². The van der Waals surface area contributed by atoms with Crippen molar-refractivity contribution in [2.45, 2.75) is 18.0 Å². The topological polar surface area (TPSA) is 26.3 Å². The SMILES string of the molecule is CCOC(=O)c1ccc(C(F)(F)F)c(SC)c1F. The summed E-state index contributed by atoms with van der Waals surface area (Å²) in [5.74, 6) is -2.17. The number of esters is 1. The molecule has 1 aromatic rings. The van der Waals surface area contributed by atoms with E-state index in [1.165, 1.54) is 13.2 Å². The van der Waals surface area contributed by atoms with Crippen molar-refractivity contribution in [1.29, 1.82) is 0 Å². The molecule has 1 rings (SSSR count). The molecule has 0 saturated heterocycles. The summed E-state index contributed by atoms with van der Waals surface area (Å²) in [4.78, 5) is 10.7. The van der Waals surface area contributed by atoms with Gasteiger partial charge in [-0.05, 0) is 25.3 Å². The number of hydrogen-bond donors (Lipinski definition) is 0. The second-order valence-electron chi connectivity index (χ2n) is 3.23. The van der Waals surface area contributed by atoms with Crippen LogP contribution < -0.4 is 0 Å². The van der Waals surface area contributed by atoms with E-state index in [-0.39, 0.29) is 6.61 Å². The number of ether oxygens (including phenoxy) is 1. The third-order valence-electron chi connectivity index (χ3n) is 2.10. The Morgan fingerprint density at radius 3 is 2.44 bits per heavy atom. The van der Waals surface area contributed by atoms with Crippen LogP contribution in [0.4, 0.5) is 17.6 Å². The Kier molecular flexibility index (Phi) is 4.61. The first kappa shape index (κ1) is 14.8. The molecule has 0 heterocycles. The Balaban J connectivity index is 3.33. The van der Waals surface area contributed by atoms with Gasteiger partial charge in [0.05, 0.1) is 22.6 Å². The van der Waals surface area contributed by atoms with Gasteiger partial charge < -0.3 is 4.74 Å². The number of thioether (sulfide) groups is 1. The van der Waals surface area contributed by atoms with E-state index in [1.54, 1.807) is 0 Å². The van der Waals surface area contributed by atoms with Gasteiger partial charge in [0.1, 0.15) is 0 Å². The highest BCUT2D eigenvalue weighted by atomic mass is 32.2. The van der Waals surface area contributed by atoms with Crippen molar-refractivity contribution in [3.8, 4) is 0 Å². The standard InChI is InChI=1S/C11H10F4O2S/c1-3-17-10(16)6-4-5-7(11(13,14)15)9(18-2)8(6)12/h4-5H,3H2,1-2H3. The van der Waals surface area contributed by atoms with E-state index in [9.17, 15) is 22.4 Å². The van der Waals surface area contributed by atoms with Crippen LogP contribution in [0.2, 0.25) is 0 Å². The van der Waals surface area contributed by atoms with Crippen LogP contribution in [0.5, 0.6) is 0 Å². The van der Waals surface area contributed by atoms with E-state index in [0.717, 1.165) is 6.07 Å². The van der Waals surface area contributed by atoms with E-state index < -0.39 is 34.0 Å². The molecular formula is C11H10F4O2S. The fourth-order valence-electron chi connectivity index (χ4n) is 1.35. The summed E-state index contributed by atoms with van der Waals surface area (Å²) in [5.41, 5.74) is -1.59. The molecule has 0 bridgehead atoms. The minimum absolute atomic E-state index is 0.0217. The lowest BCUT2D eigenvalue weighted by Crippen LogP contribution is -2.13. The van der Waals surface area contributed by atoms with Gasteiger partial charge in [-0.3, -0.25) is 0 Å². The maximum absolute atomic E-state index is 13.8. The Bertz CT molecular complexity index is 457. The van der Waals surface area contributed by atoms with Gasteiger partial charge in [0.25, 0.3) is 0 Å². The normalized spacial score (nSPS) is 11.4. The Morgan fingerprint density at radius 1 is 1.39 bits per heavy atom. The zero-order valence-electron chi connectivity index (χ0n) is 9.60. The van der Waals surface area contributed by atoms with E-state index in [1.807, 2.05) is 0 Å². The monoisotopic (exact) mass is 282 g/mol. The number of rotatable bonds is 3. The average Bonchev–Trinajstić information content (AvgIpc) is 2.27. The number of carbonyl (C=O) groups excluding carboxylic acids is 1. The molecule has 18 heavy (non-hydrogen) atoms. The minimum atomic E-state index is -4.66. The van der Waals surface area contributed by atoms with Gasteiger partial charge in [0.2, 0.25) is 0 Å². The van der Waals surface area contributed by atoms with Crippen LogP contribution in [0, 0.1) is 5.82 Å².